The second-order valence-corrected chi connectivity index (χ2v) is 8.11. The number of thiazole rings is 1. The zero-order chi connectivity index (χ0) is 15.6. The molecule has 0 amide bonds. The zero-order valence-corrected chi connectivity index (χ0v) is 14.0. The van der Waals surface area contributed by atoms with E-state index in [0.717, 1.165) is 30.1 Å². The van der Waals surface area contributed by atoms with Crippen LogP contribution in [0.1, 0.15) is 18.4 Å². The zero-order valence-electron chi connectivity index (χ0n) is 12.4. The van der Waals surface area contributed by atoms with E-state index in [-0.39, 0.29) is 6.04 Å². The van der Waals surface area contributed by atoms with E-state index in [4.69, 9.17) is 0 Å². The maximum absolute atomic E-state index is 12.4. The highest BCUT2D eigenvalue weighted by Gasteiger charge is 2.27. The summed E-state index contributed by atoms with van der Waals surface area (Å²) in [5, 5.41) is 2.92. The van der Waals surface area contributed by atoms with Gasteiger partial charge in [-0.1, -0.05) is 17.7 Å². The second kappa shape index (κ2) is 6.36. The highest BCUT2D eigenvalue weighted by molar-refractivity contribution is 7.89. The Kier molecular flexibility index (Phi) is 4.46. The quantitative estimate of drug-likeness (QED) is 0.910. The summed E-state index contributed by atoms with van der Waals surface area (Å²) in [7, 11) is -3.45. The van der Waals surface area contributed by atoms with Gasteiger partial charge in [0.05, 0.1) is 4.90 Å². The third-order valence-electron chi connectivity index (χ3n) is 3.88. The molecule has 1 saturated heterocycles. The van der Waals surface area contributed by atoms with Gasteiger partial charge < -0.3 is 4.90 Å². The van der Waals surface area contributed by atoms with Gasteiger partial charge in [-0.15, -0.1) is 11.3 Å². The van der Waals surface area contributed by atoms with Crippen molar-refractivity contribution in [2.45, 2.75) is 30.7 Å². The smallest absolute Gasteiger partial charge is 0.240 e. The molecule has 0 radical (unpaired) electrons. The molecule has 118 valence electrons. The minimum absolute atomic E-state index is 0.173. The molecule has 0 aliphatic carbocycles. The van der Waals surface area contributed by atoms with Gasteiger partial charge in [0.1, 0.15) is 0 Å². The van der Waals surface area contributed by atoms with Crippen LogP contribution in [0.15, 0.2) is 40.7 Å². The molecule has 1 aliphatic rings. The summed E-state index contributed by atoms with van der Waals surface area (Å²) in [4.78, 5) is 6.84. The van der Waals surface area contributed by atoms with Gasteiger partial charge in [-0.3, -0.25) is 0 Å². The summed E-state index contributed by atoms with van der Waals surface area (Å²) in [6, 6.07) is 7.08. The Morgan fingerprint density at radius 2 is 2.14 bits per heavy atom. The fourth-order valence-electron chi connectivity index (χ4n) is 2.66. The van der Waals surface area contributed by atoms with E-state index in [1.165, 1.54) is 0 Å². The Morgan fingerprint density at radius 3 is 2.82 bits per heavy atom. The van der Waals surface area contributed by atoms with E-state index in [0.29, 0.717) is 11.4 Å². The number of nitrogens with zero attached hydrogens (tertiary/aromatic N) is 2. The molecule has 1 aromatic heterocycles. The van der Waals surface area contributed by atoms with Crippen molar-refractivity contribution in [1.29, 1.82) is 0 Å². The molecule has 22 heavy (non-hydrogen) atoms. The molecule has 2 heterocycles. The van der Waals surface area contributed by atoms with Crippen molar-refractivity contribution in [3.63, 3.8) is 0 Å². The number of sulfonamides is 1. The predicted octanol–water partition coefficient (Wildman–Crippen LogP) is 2.40. The number of anilines is 1. The lowest BCUT2D eigenvalue weighted by atomic mass is 10.2. The molecule has 7 heteroatoms. The van der Waals surface area contributed by atoms with Crippen molar-refractivity contribution in [3.05, 3.63) is 41.4 Å². The van der Waals surface area contributed by atoms with Gasteiger partial charge in [0.2, 0.25) is 10.0 Å². The largest absolute Gasteiger partial charge is 0.344 e. The molecule has 5 nitrogen and oxygen atoms in total. The highest BCUT2D eigenvalue weighted by Crippen LogP contribution is 2.27. The van der Waals surface area contributed by atoms with Crippen LogP contribution in [-0.2, 0) is 10.0 Å². The van der Waals surface area contributed by atoms with Gasteiger partial charge in [-0.2, -0.15) is 0 Å². The van der Waals surface area contributed by atoms with Crippen molar-refractivity contribution < 1.29 is 8.42 Å². The molecule has 1 fully saturated rings. The van der Waals surface area contributed by atoms with Crippen LogP contribution in [-0.4, -0.2) is 32.5 Å². The van der Waals surface area contributed by atoms with Crippen LogP contribution >= 0.6 is 11.3 Å². The summed E-state index contributed by atoms with van der Waals surface area (Å²) >= 11 is 1.59. The fraction of sp³-hybridized carbons (Fsp3) is 0.400. The first-order valence-corrected chi connectivity index (χ1v) is 9.65. The summed E-state index contributed by atoms with van der Waals surface area (Å²) in [5.74, 6) is 0. The topological polar surface area (TPSA) is 62.3 Å². The average Bonchev–Trinajstić information content (AvgIpc) is 3.16. The van der Waals surface area contributed by atoms with E-state index in [2.05, 4.69) is 14.6 Å². The van der Waals surface area contributed by atoms with Gasteiger partial charge in [0.25, 0.3) is 0 Å². The molecule has 1 aliphatic heterocycles. The van der Waals surface area contributed by atoms with Crippen LogP contribution in [0.25, 0.3) is 0 Å². The van der Waals surface area contributed by atoms with Crippen LogP contribution in [0, 0.1) is 6.92 Å². The minimum atomic E-state index is -3.45. The lowest BCUT2D eigenvalue weighted by molar-refractivity contribution is 0.567. The molecule has 3 rings (SSSR count). The monoisotopic (exact) mass is 337 g/mol. The SMILES string of the molecule is Cc1ccc(S(=O)(=O)NCC2CCCN2c2nccs2)cc1. The lowest BCUT2D eigenvalue weighted by Gasteiger charge is -2.24. The number of aryl methyl sites for hydroxylation is 1. The molecule has 1 unspecified atom stereocenters. The summed E-state index contributed by atoms with van der Waals surface area (Å²) in [5.41, 5.74) is 1.05. The minimum Gasteiger partial charge on any atom is -0.344 e. The Labute approximate surface area is 135 Å². The van der Waals surface area contributed by atoms with Crippen molar-refractivity contribution in [1.82, 2.24) is 9.71 Å². The van der Waals surface area contributed by atoms with Crippen LogP contribution in [0.2, 0.25) is 0 Å². The third kappa shape index (κ3) is 3.31. The van der Waals surface area contributed by atoms with Crippen LogP contribution < -0.4 is 9.62 Å². The molecule has 0 saturated carbocycles. The van der Waals surface area contributed by atoms with Crippen LogP contribution in [0.3, 0.4) is 0 Å². The highest BCUT2D eigenvalue weighted by atomic mass is 32.2. The number of benzene rings is 1. The summed E-state index contributed by atoms with van der Waals surface area (Å²) < 4.78 is 27.4. The van der Waals surface area contributed by atoms with Crippen LogP contribution in [0.5, 0.6) is 0 Å². The summed E-state index contributed by atoms with van der Waals surface area (Å²) in [6.45, 7) is 3.29. The van der Waals surface area contributed by atoms with Crippen molar-refractivity contribution >= 4 is 26.5 Å². The lowest BCUT2D eigenvalue weighted by Crippen LogP contribution is -2.40. The molecule has 0 spiro atoms. The fourth-order valence-corrected chi connectivity index (χ4v) is 4.48. The number of hydrogen-bond donors (Lipinski definition) is 1. The first kappa shape index (κ1) is 15.5. The first-order valence-electron chi connectivity index (χ1n) is 7.29. The Bertz CT molecular complexity index is 712. The first-order chi connectivity index (χ1) is 10.6. The molecular formula is C15H19N3O2S2. The number of aromatic nitrogens is 1. The van der Waals surface area contributed by atoms with Gasteiger partial charge in [-0.05, 0) is 31.9 Å². The van der Waals surface area contributed by atoms with Crippen molar-refractivity contribution in [3.8, 4) is 0 Å². The molecule has 1 atom stereocenters. The molecular weight excluding hydrogens is 318 g/mol. The van der Waals surface area contributed by atoms with E-state index in [9.17, 15) is 8.42 Å². The van der Waals surface area contributed by atoms with Gasteiger partial charge >= 0.3 is 0 Å². The van der Waals surface area contributed by atoms with Gasteiger partial charge in [0, 0.05) is 30.7 Å². The Morgan fingerprint density at radius 1 is 1.36 bits per heavy atom. The average molecular weight is 337 g/mol. The molecule has 1 aromatic carbocycles. The number of rotatable bonds is 5. The van der Waals surface area contributed by atoms with Gasteiger partial charge in [-0.25, -0.2) is 18.1 Å². The van der Waals surface area contributed by atoms with Gasteiger partial charge in [0.15, 0.2) is 5.13 Å². The van der Waals surface area contributed by atoms with E-state index < -0.39 is 10.0 Å². The molecule has 0 bridgehead atoms. The molecule has 1 N–H and O–H groups in total. The molecule has 2 aromatic rings. The maximum Gasteiger partial charge on any atom is 0.240 e. The van der Waals surface area contributed by atoms with Crippen molar-refractivity contribution in [2.24, 2.45) is 0 Å². The predicted molar refractivity (Wildman–Crippen MR) is 88.8 cm³/mol. The number of nitrogens with one attached hydrogen (secondary N) is 1. The second-order valence-electron chi connectivity index (χ2n) is 5.47. The van der Waals surface area contributed by atoms with E-state index in [1.54, 1.807) is 29.7 Å². The standard InChI is InChI=1S/C15H19N3O2S2/c1-12-4-6-14(7-5-12)22(19,20)17-11-13-3-2-9-18(13)15-16-8-10-21-15/h4-8,10,13,17H,2-3,9,11H2,1H3. The maximum atomic E-state index is 12.4. The Hall–Kier alpha value is -1.44. The Balaban J connectivity index is 1.67. The summed E-state index contributed by atoms with van der Waals surface area (Å²) in [6.07, 6.45) is 3.83. The third-order valence-corrected chi connectivity index (χ3v) is 6.13. The van der Waals surface area contributed by atoms with E-state index in [1.807, 2.05) is 24.4 Å². The van der Waals surface area contributed by atoms with E-state index >= 15 is 0 Å². The van der Waals surface area contributed by atoms with Crippen molar-refractivity contribution in [2.75, 3.05) is 18.0 Å². The van der Waals surface area contributed by atoms with Crippen LogP contribution in [0.4, 0.5) is 5.13 Å². The number of hydrogen-bond acceptors (Lipinski definition) is 5. The normalized spacial score (nSPS) is 18.8.